The predicted octanol–water partition coefficient (Wildman–Crippen LogP) is 3.15. The van der Waals surface area contributed by atoms with Gasteiger partial charge in [0, 0.05) is 38.9 Å². The Labute approximate surface area is 177 Å². The summed E-state index contributed by atoms with van der Waals surface area (Å²) in [5.74, 6) is 0.458. The molecule has 0 amide bonds. The van der Waals surface area contributed by atoms with Gasteiger partial charge in [-0.1, -0.05) is 24.3 Å². The lowest BCUT2D eigenvalue weighted by Crippen LogP contribution is -2.36. The van der Waals surface area contributed by atoms with E-state index in [1.165, 1.54) is 23.4 Å². The number of halogens is 2. The fourth-order valence-electron chi connectivity index (χ4n) is 2.89. The van der Waals surface area contributed by atoms with Gasteiger partial charge >= 0.3 is 0 Å². The van der Waals surface area contributed by atoms with Crippen LogP contribution in [0, 0.1) is 5.82 Å². The Morgan fingerprint density at radius 1 is 1.04 bits per heavy atom. The summed E-state index contributed by atoms with van der Waals surface area (Å²) in [5.41, 5.74) is 3.28. The molecule has 146 valence electrons. The number of morpholine rings is 1. The lowest BCUT2D eigenvalue weighted by Gasteiger charge is -2.28. The van der Waals surface area contributed by atoms with Crippen LogP contribution < -0.4 is 15.5 Å². The van der Waals surface area contributed by atoms with Crippen LogP contribution >= 0.6 is 24.0 Å². The van der Waals surface area contributed by atoms with Gasteiger partial charge in [-0.3, -0.25) is 4.99 Å². The number of nitrogens with zero attached hydrogens (tertiary/aromatic N) is 2. The largest absolute Gasteiger partial charge is 0.378 e. The third-order valence-corrected chi connectivity index (χ3v) is 4.35. The second kappa shape index (κ2) is 11.1. The van der Waals surface area contributed by atoms with Gasteiger partial charge in [0.1, 0.15) is 5.82 Å². The van der Waals surface area contributed by atoms with E-state index in [9.17, 15) is 4.39 Å². The van der Waals surface area contributed by atoms with Crippen LogP contribution in [0.2, 0.25) is 0 Å². The predicted molar refractivity (Wildman–Crippen MR) is 118 cm³/mol. The van der Waals surface area contributed by atoms with Gasteiger partial charge in [-0.25, -0.2) is 4.39 Å². The number of nitrogens with one attached hydrogen (secondary N) is 2. The highest BCUT2D eigenvalue weighted by molar-refractivity contribution is 14.0. The summed E-state index contributed by atoms with van der Waals surface area (Å²) in [4.78, 5) is 6.54. The van der Waals surface area contributed by atoms with Gasteiger partial charge < -0.3 is 20.3 Å². The van der Waals surface area contributed by atoms with Crippen LogP contribution in [0.25, 0.3) is 0 Å². The average Bonchev–Trinajstić information content (AvgIpc) is 2.69. The van der Waals surface area contributed by atoms with E-state index < -0.39 is 0 Å². The van der Waals surface area contributed by atoms with E-state index in [2.05, 4.69) is 44.8 Å². The van der Waals surface area contributed by atoms with Gasteiger partial charge in [-0.15, -0.1) is 24.0 Å². The van der Waals surface area contributed by atoms with E-state index in [0.717, 1.165) is 31.9 Å². The Balaban J connectivity index is 0.00000261. The molecule has 1 aliphatic heterocycles. The van der Waals surface area contributed by atoms with Crippen molar-refractivity contribution < 1.29 is 9.13 Å². The van der Waals surface area contributed by atoms with E-state index in [1.807, 2.05) is 6.07 Å². The molecule has 0 aromatic heterocycles. The molecule has 2 aromatic rings. The van der Waals surface area contributed by atoms with Crippen molar-refractivity contribution in [1.82, 2.24) is 10.6 Å². The Morgan fingerprint density at radius 2 is 1.70 bits per heavy atom. The highest BCUT2D eigenvalue weighted by atomic mass is 127. The number of ether oxygens (including phenoxy) is 1. The summed E-state index contributed by atoms with van der Waals surface area (Å²) in [6, 6.07) is 15.1. The normalized spacial score (nSPS) is 14.4. The third-order valence-electron chi connectivity index (χ3n) is 4.35. The minimum atomic E-state index is -0.229. The summed E-state index contributed by atoms with van der Waals surface area (Å²) >= 11 is 0. The standard InChI is InChI=1S/C20H25FN4O.HI/c1-22-20(24-15-17-3-2-4-18(21)13-17)23-14-16-5-7-19(8-6-16)25-9-11-26-12-10-25;/h2-8,13H,9-12,14-15H2,1H3,(H2,22,23,24);1H. The van der Waals surface area contributed by atoms with E-state index in [0.29, 0.717) is 19.0 Å². The molecule has 0 aliphatic carbocycles. The monoisotopic (exact) mass is 484 g/mol. The Hall–Kier alpha value is -1.87. The number of hydrogen-bond donors (Lipinski definition) is 2. The molecular weight excluding hydrogens is 458 g/mol. The van der Waals surface area contributed by atoms with Crippen LogP contribution in [0.1, 0.15) is 11.1 Å². The molecule has 1 fully saturated rings. The van der Waals surface area contributed by atoms with Crippen LogP contribution in [0.5, 0.6) is 0 Å². The number of aliphatic imine (C=N–C) groups is 1. The average molecular weight is 484 g/mol. The first-order chi connectivity index (χ1) is 12.7. The van der Waals surface area contributed by atoms with Crippen molar-refractivity contribution in [2.75, 3.05) is 38.3 Å². The molecule has 0 saturated carbocycles. The summed E-state index contributed by atoms with van der Waals surface area (Å²) < 4.78 is 18.6. The van der Waals surface area contributed by atoms with Crippen molar-refractivity contribution in [3.63, 3.8) is 0 Å². The smallest absolute Gasteiger partial charge is 0.191 e. The van der Waals surface area contributed by atoms with Crippen LogP contribution in [0.4, 0.5) is 10.1 Å². The maximum absolute atomic E-state index is 13.2. The summed E-state index contributed by atoms with van der Waals surface area (Å²) in [6.07, 6.45) is 0. The van der Waals surface area contributed by atoms with Crippen LogP contribution in [-0.2, 0) is 17.8 Å². The van der Waals surface area contributed by atoms with E-state index in [1.54, 1.807) is 13.1 Å². The second-order valence-corrected chi connectivity index (χ2v) is 6.18. The van der Waals surface area contributed by atoms with Gasteiger partial charge in [-0.2, -0.15) is 0 Å². The van der Waals surface area contributed by atoms with E-state index in [-0.39, 0.29) is 29.8 Å². The lowest BCUT2D eigenvalue weighted by molar-refractivity contribution is 0.122. The van der Waals surface area contributed by atoms with Crippen LogP contribution in [0.15, 0.2) is 53.5 Å². The van der Waals surface area contributed by atoms with Crippen molar-refractivity contribution in [2.24, 2.45) is 4.99 Å². The summed E-state index contributed by atoms with van der Waals surface area (Å²) in [5, 5.41) is 6.48. The van der Waals surface area contributed by atoms with Gasteiger partial charge in [0.15, 0.2) is 5.96 Å². The summed E-state index contributed by atoms with van der Waals surface area (Å²) in [6.45, 7) is 4.65. The number of guanidine groups is 1. The Morgan fingerprint density at radius 3 is 2.33 bits per heavy atom. The zero-order chi connectivity index (χ0) is 18.2. The maximum Gasteiger partial charge on any atom is 0.191 e. The van der Waals surface area contributed by atoms with Crippen molar-refractivity contribution in [3.05, 3.63) is 65.5 Å². The maximum atomic E-state index is 13.2. The number of hydrogen-bond acceptors (Lipinski definition) is 3. The first-order valence-corrected chi connectivity index (χ1v) is 8.85. The van der Waals surface area contributed by atoms with Crippen LogP contribution in [-0.4, -0.2) is 39.3 Å². The molecule has 0 radical (unpaired) electrons. The third kappa shape index (κ3) is 6.66. The molecule has 2 N–H and O–H groups in total. The molecule has 1 heterocycles. The van der Waals surface area contributed by atoms with E-state index >= 15 is 0 Å². The SMILES string of the molecule is CN=C(NCc1ccc(N2CCOCC2)cc1)NCc1cccc(F)c1.I. The molecule has 2 aromatic carbocycles. The molecule has 0 atom stereocenters. The highest BCUT2D eigenvalue weighted by Gasteiger charge is 2.10. The second-order valence-electron chi connectivity index (χ2n) is 6.18. The molecule has 27 heavy (non-hydrogen) atoms. The fraction of sp³-hybridized carbons (Fsp3) is 0.350. The topological polar surface area (TPSA) is 48.9 Å². The number of rotatable bonds is 5. The quantitative estimate of drug-likeness (QED) is 0.389. The van der Waals surface area contributed by atoms with Crippen molar-refractivity contribution in [1.29, 1.82) is 0 Å². The molecule has 0 unspecified atom stereocenters. The number of benzene rings is 2. The van der Waals surface area contributed by atoms with Gasteiger partial charge in [0.05, 0.1) is 13.2 Å². The first kappa shape index (κ1) is 21.4. The van der Waals surface area contributed by atoms with Crippen molar-refractivity contribution in [3.8, 4) is 0 Å². The molecule has 7 heteroatoms. The summed E-state index contributed by atoms with van der Waals surface area (Å²) in [7, 11) is 1.72. The fourth-order valence-corrected chi connectivity index (χ4v) is 2.89. The lowest BCUT2D eigenvalue weighted by atomic mass is 10.2. The van der Waals surface area contributed by atoms with Gasteiger partial charge in [-0.05, 0) is 35.4 Å². The zero-order valence-corrected chi connectivity index (χ0v) is 17.8. The molecule has 0 spiro atoms. The zero-order valence-electron chi connectivity index (χ0n) is 15.5. The molecular formula is C20H26FIN4O. The molecule has 1 saturated heterocycles. The minimum absolute atomic E-state index is 0. The minimum Gasteiger partial charge on any atom is -0.378 e. The Kier molecular flexibility index (Phi) is 8.80. The molecule has 1 aliphatic rings. The Bertz CT molecular complexity index is 733. The van der Waals surface area contributed by atoms with Gasteiger partial charge in [0.25, 0.3) is 0 Å². The van der Waals surface area contributed by atoms with E-state index in [4.69, 9.17) is 4.74 Å². The number of anilines is 1. The first-order valence-electron chi connectivity index (χ1n) is 8.85. The highest BCUT2D eigenvalue weighted by Crippen LogP contribution is 2.16. The van der Waals surface area contributed by atoms with Crippen molar-refractivity contribution in [2.45, 2.75) is 13.1 Å². The van der Waals surface area contributed by atoms with Gasteiger partial charge in [0.2, 0.25) is 0 Å². The molecule has 3 rings (SSSR count). The van der Waals surface area contributed by atoms with Crippen LogP contribution in [0.3, 0.4) is 0 Å². The molecule has 0 bridgehead atoms. The molecule has 5 nitrogen and oxygen atoms in total. The van der Waals surface area contributed by atoms with Crippen molar-refractivity contribution >= 4 is 35.6 Å².